The summed E-state index contributed by atoms with van der Waals surface area (Å²) in [5.41, 5.74) is 7.84. The Balaban J connectivity index is 1.37. The van der Waals surface area contributed by atoms with E-state index in [1.54, 1.807) is 0 Å². The third kappa shape index (κ3) is 3.62. The molecule has 0 aliphatic carbocycles. The Morgan fingerprint density at radius 2 is 0.913 bits per heavy atom. The quantitative estimate of drug-likeness (QED) is 0.179. The molecule has 1 aliphatic heterocycles. The minimum Gasteiger partial charge on any atom is -0.309 e. The second-order valence-corrected chi connectivity index (χ2v) is 14.8. The number of nitrogens with zero attached hydrogens (tertiary/aromatic N) is 1. The molecule has 0 fully saturated rings. The highest BCUT2D eigenvalue weighted by Crippen LogP contribution is 2.54. The molecule has 0 spiro atoms. The molecule has 7 aromatic carbocycles. The fourth-order valence-electron chi connectivity index (χ4n) is 7.82. The molecule has 218 valence electrons. The summed E-state index contributed by atoms with van der Waals surface area (Å²) in [6.07, 6.45) is 0. The summed E-state index contributed by atoms with van der Waals surface area (Å²) in [5.74, 6) is 0. The molecule has 3 heteroatoms. The maximum Gasteiger partial charge on any atom is 0.171 e. The Morgan fingerprint density at radius 3 is 1.61 bits per heavy atom. The highest BCUT2D eigenvalue weighted by atomic mass is 31.2. The fraction of sp³-hybridized carbons (Fsp3) is 0.0233. The van der Waals surface area contributed by atoms with Crippen molar-refractivity contribution in [1.82, 2.24) is 4.57 Å². The van der Waals surface area contributed by atoms with Crippen LogP contribution in [0.25, 0.3) is 27.5 Å². The highest BCUT2D eigenvalue weighted by molar-refractivity contribution is 7.85. The molecule has 9 rings (SSSR count). The maximum absolute atomic E-state index is 15.3. The second kappa shape index (κ2) is 10.3. The molecule has 0 N–H and O–H groups in total. The van der Waals surface area contributed by atoms with Gasteiger partial charge in [-0.05, 0) is 34.4 Å². The van der Waals surface area contributed by atoms with E-state index >= 15 is 4.57 Å². The lowest BCUT2D eigenvalue weighted by Crippen LogP contribution is -2.35. The van der Waals surface area contributed by atoms with Crippen molar-refractivity contribution in [3.05, 3.63) is 204 Å². The van der Waals surface area contributed by atoms with Gasteiger partial charge >= 0.3 is 0 Å². The Morgan fingerprint density at radius 1 is 0.413 bits per heavy atom. The third-order valence-electron chi connectivity index (χ3n) is 9.76. The Hall–Kier alpha value is -5.43. The largest absolute Gasteiger partial charge is 0.309 e. The van der Waals surface area contributed by atoms with Crippen molar-refractivity contribution in [1.29, 1.82) is 0 Å². The Bertz CT molecular complexity index is 2390. The molecule has 2 heterocycles. The molecule has 1 aromatic heterocycles. The van der Waals surface area contributed by atoms with Crippen molar-refractivity contribution in [2.75, 3.05) is 0 Å². The minimum atomic E-state index is -3.12. The molecule has 8 aromatic rings. The van der Waals surface area contributed by atoms with E-state index in [9.17, 15) is 0 Å². The first-order valence-electron chi connectivity index (χ1n) is 15.7. The van der Waals surface area contributed by atoms with Crippen molar-refractivity contribution >= 4 is 44.9 Å². The van der Waals surface area contributed by atoms with Crippen molar-refractivity contribution < 1.29 is 4.57 Å². The molecular weight excluding hydrogens is 577 g/mol. The lowest BCUT2D eigenvalue weighted by Gasteiger charge is -2.41. The molecule has 0 bridgehead atoms. The highest BCUT2D eigenvalue weighted by Gasteiger charge is 2.45. The average Bonchev–Trinajstić information content (AvgIpc) is 3.48. The van der Waals surface area contributed by atoms with Crippen LogP contribution in [0.1, 0.15) is 22.3 Å². The molecule has 1 aliphatic rings. The summed E-state index contributed by atoms with van der Waals surface area (Å²) in [7, 11) is -3.12. The number of aromatic nitrogens is 1. The first kappa shape index (κ1) is 26.9. The second-order valence-electron chi connectivity index (χ2n) is 12.0. The molecular formula is C43H30NOP. The summed E-state index contributed by atoms with van der Waals surface area (Å²) in [6, 6.07) is 63.6. The van der Waals surface area contributed by atoms with Gasteiger partial charge in [0, 0.05) is 26.7 Å². The van der Waals surface area contributed by atoms with E-state index in [-0.39, 0.29) is 0 Å². The number of hydrogen-bond donors (Lipinski definition) is 0. The van der Waals surface area contributed by atoms with Gasteiger partial charge in [-0.15, -0.1) is 0 Å². The summed E-state index contributed by atoms with van der Waals surface area (Å²) in [5, 5.41) is 5.00. The molecule has 46 heavy (non-hydrogen) atoms. The standard InChI is InChI=1S/C43H30NOP/c45-46(33-17-6-2-7-18-33,34-19-8-3-9-20-34)35-29-27-32(28-30-35)43(31-15-4-1-5-16-31)38-23-11-13-26-41(38)44-40-25-12-10-21-36(40)37-22-14-24-39(43)42(37)44/h1-30H. The summed E-state index contributed by atoms with van der Waals surface area (Å²) in [6.45, 7) is 0. The summed E-state index contributed by atoms with van der Waals surface area (Å²) >= 11 is 0. The number of para-hydroxylation sites is 3. The van der Waals surface area contributed by atoms with Crippen LogP contribution < -0.4 is 15.9 Å². The van der Waals surface area contributed by atoms with Crippen molar-refractivity contribution in [3.8, 4) is 5.69 Å². The van der Waals surface area contributed by atoms with E-state index in [1.165, 1.54) is 44.2 Å². The fourth-order valence-corrected chi connectivity index (χ4v) is 10.5. The van der Waals surface area contributed by atoms with Crippen molar-refractivity contribution in [2.24, 2.45) is 0 Å². The van der Waals surface area contributed by atoms with E-state index in [4.69, 9.17) is 0 Å². The predicted octanol–water partition coefficient (Wildman–Crippen LogP) is 9.12. The van der Waals surface area contributed by atoms with E-state index in [1.807, 2.05) is 60.7 Å². The number of fused-ring (bicyclic) bond motifs is 5. The zero-order valence-electron chi connectivity index (χ0n) is 25.1. The SMILES string of the molecule is O=P(c1ccccc1)(c1ccccc1)c1ccc(C2(c3ccccc3)c3ccccc3-n3c4ccccc4c4cccc2c43)cc1. The smallest absolute Gasteiger partial charge is 0.171 e. The zero-order valence-corrected chi connectivity index (χ0v) is 26.0. The van der Waals surface area contributed by atoms with Crippen molar-refractivity contribution in [3.63, 3.8) is 0 Å². The van der Waals surface area contributed by atoms with Crippen LogP contribution >= 0.6 is 7.14 Å². The lowest BCUT2D eigenvalue weighted by molar-refractivity contribution is 0.592. The van der Waals surface area contributed by atoms with Gasteiger partial charge in [0.15, 0.2) is 7.14 Å². The van der Waals surface area contributed by atoms with Gasteiger partial charge in [-0.1, -0.05) is 170 Å². The predicted molar refractivity (Wildman–Crippen MR) is 192 cm³/mol. The van der Waals surface area contributed by atoms with Crippen LogP contribution in [-0.2, 0) is 9.98 Å². The normalized spacial score (nSPS) is 15.6. The lowest BCUT2D eigenvalue weighted by atomic mass is 9.63. The van der Waals surface area contributed by atoms with Gasteiger partial charge in [0.2, 0.25) is 0 Å². The van der Waals surface area contributed by atoms with Crippen LogP contribution in [0.15, 0.2) is 182 Å². The monoisotopic (exact) mass is 607 g/mol. The van der Waals surface area contributed by atoms with E-state index in [0.29, 0.717) is 0 Å². The first-order valence-corrected chi connectivity index (χ1v) is 17.4. The minimum absolute atomic E-state index is 0.593. The van der Waals surface area contributed by atoms with Crippen LogP contribution in [0.3, 0.4) is 0 Å². The number of rotatable bonds is 5. The van der Waals surface area contributed by atoms with Crippen LogP contribution in [0.4, 0.5) is 0 Å². The van der Waals surface area contributed by atoms with Crippen LogP contribution in [0.2, 0.25) is 0 Å². The average molecular weight is 608 g/mol. The molecule has 1 unspecified atom stereocenters. The van der Waals surface area contributed by atoms with E-state index in [2.05, 4.69) is 126 Å². The maximum atomic E-state index is 15.3. The van der Waals surface area contributed by atoms with Gasteiger partial charge < -0.3 is 9.13 Å². The topological polar surface area (TPSA) is 22.0 Å². The van der Waals surface area contributed by atoms with Gasteiger partial charge in [-0.25, -0.2) is 0 Å². The van der Waals surface area contributed by atoms with Gasteiger partial charge in [0.25, 0.3) is 0 Å². The first-order chi connectivity index (χ1) is 22.7. The zero-order chi connectivity index (χ0) is 30.7. The summed E-state index contributed by atoms with van der Waals surface area (Å²) in [4.78, 5) is 0. The van der Waals surface area contributed by atoms with E-state index in [0.717, 1.165) is 21.5 Å². The van der Waals surface area contributed by atoms with Gasteiger partial charge in [0.1, 0.15) is 0 Å². The summed E-state index contributed by atoms with van der Waals surface area (Å²) < 4.78 is 17.7. The van der Waals surface area contributed by atoms with Crippen LogP contribution in [0.5, 0.6) is 0 Å². The molecule has 2 nitrogen and oxygen atoms in total. The van der Waals surface area contributed by atoms with Crippen LogP contribution in [-0.4, -0.2) is 4.57 Å². The van der Waals surface area contributed by atoms with Gasteiger partial charge in [-0.2, -0.15) is 0 Å². The Kier molecular flexibility index (Phi) is 6.03. The van der Waals surface area contributed by atoms with E-state index < -0.39 is 12.6 Å². The third-order valence-corrected chi connectivity index (χ3v) is 12.8. The number of benzene rings is 7. The molecule has 0 amide bonds. The molecule has 1 atom stereocenters. The molecule has 0 radical (unpaired) electrons. The van der Waals surface area contributed by atoms with Gasteiger partial charge in [-0.3, -0.25) is 0 Å². The molecule has 0 saturated heterocycles. The number of hydrogen-bond acceptors (Lipinski definition) is 1. The molecule has 0 saturated carbocycles. The van der Waals surface area contributed by atoms with Crippen LogP contribution in [0, 0.1) is 0 Å². The van der Waals surface area contributed by atoms with Gasteiger partial charge in [0.05, 0.1) is 22.1 Å². The Labute approximate surface area is 268 Å². The van der Waals surface area contributed by atoms with Crippen molar-refractivity contribution in [2.45, 2.75) is 5.41 Å².